The fraction of sp³-hybridized carbons (Fsp3) is 0.294. The van der Waals surface area contributed by atoms with E-state index in [0.717, 1.165) is 37.3 Å². The van der Waals surface area contributed by atoms with E-state index < -0.39 is 0 Å². The Labute approximate surface area is 123 Å². The van der Waals surface area contributed by atoms with E-state index in [0.29, 0.717) is 12.1 Å². The Morgan fingerprint density at radius 2 is 1.57 bits per heavy atom. The molecule has 0 saturated carbocycles. The van der Waals surface area contributed by atoms with Crippen molar-refractivity contribution in [1.82, 2.24) is 10.2 Å². The normalized spacial score (nSPS) is 16.1. The van der Waals surface area contributed by atoms with E-state index in [1.807, 2.05) is 6.07 Å². The quantitative estimate of drug-likeness (QED) is 0.934. The van der Waals surface area contributed by atoms with Crippen molar-refractivity contribution in [2.45, 2.75) is 6.54 Å². The van der Waals surface area contributed by atoms with Gasteiger partial charge in [-0.05, 0) is 35.4 Å². The van der Waals surface area contributed by atoms with Crippen LogP contribution < -0.4 is 5.32 Å². The van der Waals surface area contributed by atoms with Crippen LogP contribution in [-0.2, 0) is 6.54 Å². The molecule has 0 aromatic heterocycles. The van der Waals surface area contributed by atoms with Crippen molar-refractivity contribution in [1.29, 1.82) is 0 Å². The van der Waals surface area contributed by atoms with Gasteiger partial charge in [0.25, 0.3) is 0 Å². The Hall–Kier alpha value is -1.78. The molecule has 1 heterocycles. The minimum atomic E-state index is -0.262. The number of halogens is 2. The first-order valence-corrected chi connectivity index (χ1v) is 7.20. The summed E-state index contributed by atoms with van der Waals surface area (Å²) < 4.78 is 27.0. The van der Waals surface area contributed by atoms with Gasteiger partial charge in [-0.15, -0.1) is 0 Å². The number of nitrogens with one attached hydrogen (secondary N) is 1. The second-order valence-corrected chi connectivity index (χ2v) is 5.34. The molecule has 0 radical (unpaired) electrons. The standard InChI is InChI=1S/C17H18F2N2/c18-16-4-1-13(2-5-16)14-3-6-17(19)15(11-14)12-21-9-7-20-8-10-21/h1-6,11,20H,7-10,12H2. The van der Waals surface area contributed by atoms with Crippen molar-refractivity contribution in [2.24, 2.45) is 0 Å². The largest absolute Gasteiger partial charge is 0.314 e. The number of piperazine rings is 1. The summed E-state index contributed by atoms with van der Waals surface area (Å²) in [7, 11) is 0. The molecule has 0 aliphatic carbocycles. The maximum absolute atomic E-state index is 14.0. The van der Waals surface area contributed by atoms with Gasteiger partial charge in [-0.25, -0.2) is 8.78 Å². The zero-order valence-corrected chi connectivity index (χ0v) is 11.8. The molecule has 0 spiro atoms. The summed E-state index contributed by atoms with van der Waals surface area (Å²) in [5.74, 6) is -0.443. The van der Waals surface area contributed by atoms with Crippen molar-refractivity contribution in [3.63, 3.8) is 0 Å². The lowest BCUT2D eigenvalue weighted by atomic mass is 10.0. The van der Waals surface area contributed by atoms with Gasteiger partial charge >= 0.3 is 0 Å². The summed E-state index contributed by atoms with van der Waals surface area (Å²) in [6.07, 6.45) is 0. The summed E-state index contributed by atoms with van der Waals surface area (Å²) in [6.45, 7) is 4.36. The second kappa shape index (κ2) is 6.33. The molecule has 1 N–H and O–H groups in total. The lowest BCUT2D eigenvalue weighted by molar-refractivity contribution is 0.230. The maximum atomic E-state index is 14.0. The Bertz CT molecular complexity index is 605. The average molecular weight is 288 g/mol. The highest BCUT2D eigenvalue weighted by Crippen LogP contribution is 2.23. The van der Waals surface area contributed by atoms with Gasteiger partial charge in [0.15, 0.2) is 0 Å². The summed E-state index contributed by atoms with van der Waals surface area (Å²) >= 11 is 0. The lowest BCUT2D eigenvalue weighted by Gasteiger charge is -2.27. The van der Waals surface area contributed by atoms with E-state index in [9.17, 15) is 8.78 Å². The van der Waals surface area contributed by atoms with Crippen LogP contribution in [0.25, 0.3) is 11.1 Å². The third-order valence-electron chi connectivity index (χ3n) is 3.83. The minimum absolute atomic E-state index is 0.181. The Morgan fingerprint density at radius 3 is 2.29 bits per heavy atom. The van der Waals surface area contributed by atoms with Gasteiger partial charge in [0.2, 0.25) is 0 Å². The highest BCUT2D eigenvalue weighted by atomic mass is 19.1. The molecule has 3 rings (SSSR count). The van der Waals surface area contributed by atoms with E-state index in [-0.39, 0.29) is 11.6 Å². The van der Waals surface area contributed by atoms with E-state index in [1.54, 1.807) is 18.2 Å². The highest BCUT2D eigenvalue weighted by Gasteiger charge is 2.13. The zero-order valence-electron chi connectivity index (χ0n) is 11.8. The number of benzene rings is 2. The summed E-state index contributed by atoms with van der Waals surface area (Å²) in [6, 6.07) is 11.4. The van der Waals surface area contributed by atoms with Crippen LogP contribution in [0.4, 0.5) is 8.78 Å². The smallest absolute Gasteiger partial charge is 0.127 e. The van der Waals surface area contributed by atoms with Crippen LogP contribution in [0.2, 0.25) is 0 Å². The molecule has 2 aromatic carbocycles. The summed E-state index contributed by atoms with van der Waals surface area (Å²) in [5, 5.41) is 3.29. The van der Waals surface area contributed by atoms with Gasteiger partial charge < -0.3 is 5.32 Å². The van der Waals surface area contributed by atoms with Crippen LogP contribution in [0, 0.1) is 11.6 Å². The molecule has 0 bridgehead atoms. The van der Waals surface area contributed by atoms with Crippen molar-refractivity contribution < 1.29 is 8.78 Å². The van der Waals surface area contributed by atoms with Gasteiger partial charge in [0.05, 0.1) is 0 Å². The van der Waals surface area contributed by atoms with Crippen LogP contribution >= 0.6 is 0 Å². The Balaban J connectivity index is 1.83. The fourth-order valence-electron chi connectivity index (χ4n) is 2.63. The summed E-state index contributed by atoms with van der Waals surface area (Å²) in [4.78, 5) is 2.24. The maximum Gasteiger partial charge on any atom is 0.127 e. The topological polar surface area (TPSA) is 15.3 Å². The predicted octanol–water partition coefficient (Wildman–Crippen LogP) is 3.04. The molecule has 1 aliphatic rings. The van der Waals surface area contributed by atoms with Crippen LogP contribution in [-0.4, -0.2) is 31.1 Å². The number of nitrogens with zero attached hydrogens (tertiary/aromatic N) is 1. The molecule has 0 unspecified atom stereocenters. The van der Waals surface area contributed by atoms with Crippen LogP contribution in [0.1, 0.15) is 5.56 Å². The van der Waals surface area contributed by atoms with Crippen molar-refractivity contribution in [3.8, 4) is 11.1 Å². The Kier molecular flexibility index (Phi) is 4.27. The van der Waals surface area contributed by atoms with Gasteiger partial charge in [0.1, 0.15) is 11.6 Å². The van der Waals surface area contributed by atoms with Crippen molar-refractivity contribution in [2.75, 3.05) is 26.2 Å². The molecule has 4 heteroatoms. The third-order valence-corrected chi connectivity index (χ3v) is 3.83. The molecule has 0 atom stereocenters. The predicted molar refractivity (Wildman–Crippen MR) is 79.9 cm³/mol. The van der Waals surface area contributed by atoms with Crippen molar-refractivity contribution in [3.05, 3.63) is 59.7 Å². The fourth-order valence-corrected chi connectivity index (χ4v) is 2.63. The monoisotopic (exact) mass is 288 g/mol. The highest BCUT2D eigenvalue weighted by molar-refractivity contribution is 5.64. The third kappa shape index (κ3) is 3.46. The SMILES string of the molecule is Fc1ccc(-c2ccc(F)c(CN3CCNCC3)c2)cc1. The van der Waals surface area contributed by atoms with Gasteiger partial charge in [0, 0.05) is 38.3 Å². The zero-order chi connectivity index (χ0) is 14.7. The molecule has 2 nitrogen and oxygen atoms in total. The molecule has 1 saturated heterocycles. The molecule has 21 heavy (non-hydrogen) atoms. The van der Waals surface area contributed by atoms with E-state index in [4.69, 9.17) is 0 Å². The lowest BCUT2D eigenvalue weighted by Crippen LogP contribution is -2.43. The van der Waals surface area contributed by atoms with Gasteiger partial charge in [-0.3, -0.25) is 4.90 Å². The number of hydrogen-bond donors (Lipinski definition) is 1. The van der Waals surface area contributed by atoms with Crippen LogP contribution in [0.3, 0.4) is 0 Å². The van der Waals surface area contributed by atoms with Crippen LogP contribution in [0.5, 0.6) is 0 Å². The molecular weight excluding hydrogens is 270 g/mol. The minimum Gasteiger partial charge on any atom is -0.314 e. The van der Waals surface area contributed by atoms with Gasteiger partial charge in [-0.2, -0.15) is 0 Å². The van der Waals surface area contributed by atoms with E-state index in [1.165, 1.54) is 18.2 Å². The molecule has 2 aromatic rings. The molecular formula is C17H18F2N2. The molecule has 1 aliphatic heterocycles. The number of hydrogen-bond acceptors (Lipinski definition) is 2. The average Bonchev–Trinajstić information content (AvgIpc) is 2.51. The molecule has 110 valence electrons. The first kappa shape index (κ1) is 14.2. The van der Waals surface area contributed by atoms with E-state index >= 15 is 0 Å². The molecule has 0 amide bonds. The first-order valence-electron chi connectivity index (χ1n) is 7.20. The van der Waals surface area contributed by atoms with E-state index in [2.05, 4.69) is 10.2 Å². The first-order chi connectivity index (χ1) is 10.2. The molecule has 1 fully saturated rings. The van der Waals surface area contributed by atoms with Crippen molar-refractivity contribution >= 4 is 0 Å². The second-order valence-electron chi connectivity index (χ2n) is 5.34. The summed E-state index contributed by atoms with van der Waals surface area (Å²) in [5.41, 5.74) is 2.51. The number of rotatable bonds is 3. The Morgan fingerprint density at radius 1 is 0.905 bits per heavy atom. The van der Waals surface area contributed by atoms with Crippen LogP contribution in [0.15, 0.2) is 42.5 Å². The van der Waals surface area contributed by atoms with Gasteiger partial charge in [-0.1, -0.05) is 18.2 Å².